The van der Waals surface area contributed by atoms with E-state index in [1.807, 2.05) is 5.70 Å². The molecule has 0 aliphatic heterocycles. The molecule has 1 nitrogen and oxygen atoms in total. The van der Waals surface area contributed by atoms with Crippen molar-refractivity contribution in [1.82, 2.24) is 0 Å². The molecule has 0 heterocycles. The highest BCUT2D eigenvalue weighted by Crippen LogP contribution is 1.96. The molecule has 0 fully saturated rings. The van der Waals surface area contributed by atoms with E-state index in [2.05, 4.69) is 19.6 Å². The predicted molar refractivity (Wildman–Crippen MR) is 43.7 cm³/mol. The summed E-state index contributed by atoms with van der Waals surface area (Å²) in [6.45, 7) is 7.00. The van der Waals surface area contributed by atoms with E-state index >= 15 is 0 Å². The Balaban J connectivity index is 3.39. The first-order chi connectivity index (χ1) is 3.56. The molecule has 0 aliphatic rings. The minimum Gasteiger partial charge on any atom is -0.516 e. The summed E-state index contributed by atoms with van der Waals surface area (Å²) in [4.78, 5) is 0. The number of hydrogen-bond acceptors (Lipinski definition) is 1. The second kappa shape index (κ2) is 3.09. The van der Waals surface area contributed by atoms with E-state index in [4.69, 9.17) is 5.11 Å². The van der Waals surface area contributed by atoms with Crippen molar-refractivity contribution in [2.24, 2.45) is 0 Å². The molecule has 0 aromatic rings. The van der Waals surface area contributed by atoms with Crippen LogP contribution in [0, 0.1) is 0 Å². The fourth-order valence-corrected chi connectivity index (χ4v) is 3.66. The van der Waals surface area contributed by atoms with Gasteiger partial charge in [0.25, 0.3) is 0 Å². The van der Waals surface area contributed by atoms with Gasteiger partial charge < -0.3 is 5.11 Å². The summed E-state index contributed by atoms with van der Waals surface area (Å²) in [5.41, 5.74) is 1.96. The van der Waals surface area contributed by atoms with E-state index in [1.165, 1.54) is 6.26 Å². The summed E-state index contributed by atoms with van der Waals surface area (Å²) >= 11 is 0. The summed E-state index contributed by atoms with van der Waals surface area (Å²) in [5.74, 6) is 0. The summed E-state index contributed by atoms with van der Waals surface area (Å²) < 4.78 is 0. The lowest BCUT2D eigenvalue weighted by atomic mass is 11.2. The molecule has 0 saturated carbocycles. The van der Waals surface area contributed by atoms with Crippen LogP contribution in [0.15, 0.2) is 12.0 Å². The molecule has 1 N–H and O–H groups in total. The van der Waals surface area contributed by atoms with Crippen molar-refractivity contribution in [2.75, 3.05) is 0 Å². The van der Waals surface area contributed by atoms with Crippen molar-refractivity contribution in [3.63, 3.8) is 0 Å². The normalized spacial score (nSPS) is 14.4. The van der Waals surface area contributed by atoms with Crippen LogP contribution in [0.4, 0.5) is 0 Å². The number of hydrogen-bond donors (Lipinski definition) is 1. The molecular weight excluding hydrogens is 132 g/mol. The highest BCUT2D eigenvalue weighted by atomic mass is 29.2. The number of rotatable bonds is 2. The van der Waals surface area contributed by atoms with Crippen molar-refractivity contribution in [1.29, 1.82) is 0 Å². The molecule has 0 amide bonds. The van der Waals surface area contributed by atoms with Crippen LogP contribution < -0.4 is 0 Å². The molecule has 0 aromatic carbocycles. The van der Waals surface area contributed by atoms with Gasteiger partial charge in [-0.05, 0) is 0 Å². The lowest BCUT2D eigenvalue weighted by Gasteiger charge is -2.09. The maximum Gasteiger partial charge on any atom is 0.0704 e. The van der Waals surface area contributed by atoms with Crippen LogP contribution >= 0.6 is 0 Å². The van der Waals surface area contributed by atoms with Crippen molar-refractivity contribution in [3.8, 4) is 0 Å². The molecule has 0 radical (unpaired) electrons. The summed E-state index contributed by atoms with van der Waals surface area (Å²) in [7, 11) is -0.828. The highest BCUT2D eigenvalue weighted by Gasteiger charge is 2.09. The third kappa shape index (κ3) is 5.97. The molecule has 0 rings (SSSR count). The average Bonchev–Trinajstić information content (AvgIpc) is 1.59. The van der Waals surface area contributed by atoms with Gasteiger partial charge in [-0.2, -0.15) is 0 Å². The van der Waals surface area contributed by atoms with Crippen LogP contribution in [-0.2, 0) is 0 Å². The molecule has 48 valence electrons. The lowest BCUT2D eigenvalue weighted by Crippen LogP contribution is -2.28. The largest absolute Gasteiger partial charge is 0.516 e. The van der Waals surface area contributed by atoms with Crippen LogP contribution in [0.25, 0.3) is 0 Å². The Morgan fingerprint density at radius 1 is 1.38 bits per heavy atom. The topological polar surface area (TPSA) is 20.2 Å². The number of aliphatic hydroxyl groups is 1. The molecule has 3 heteroatoms. The van der Waals surface area contributed by atoms with Crippen molar-refractivity contribution in [3.05, 3.63) is 12.0 Å². The van der Waals surface area contributed by atoms with Gasteiger partial charge in [-0.1, -0.05) is 25.3 Å². The smallest absolute Gasteiger partial charge is 0.0704 e. The van der Waals surface area contributed by atoms with Gasteiger partial charge in [0.05, 0.1) is 6.26 Å². The highest BCUT2D eigenvalue weighted by molar-refractivity contribution is 7.24. The molecule has 0 spiro atoms. The minimum absolute atomic E-state index is 0.0421. The monoisotopic (exact) mass is 146 g/mol. The zero-order valence-electron chi connectivity index (χ0n) is 5.81. The van der Waals surface area contributed by atoms with E-state index in [-0.39, 0.29) is 9.04 Å². The van der Waals surface area contributed by atoms with E-state index in [0.717, 1.165) is 0 Å². The summed E-state index contributed by atoms with van der Waals surface area (Å²) in [5, 5.41) is 8.31. The summed E-state index contributed by atoms with van der Waals surface area (Å²) in [6, 6.07) is 0. The average molecular weight is 146 g/mol. The van der Waals surface area contributed by atoms with Crippen molar-refractivity contribution in [2.45, 2.75) is 19.6 Å². The van der Waals surface area contributed by atoms with Crippen LogP contribution in [0.3, 0.4) is 0 Å². The Hall–Kier alpha value is -0.0262. The standard InChI is InChI=1S/C5H14OSi2/c1-8(2,3)7-5-4-6/h4-6H,7H2,1-3H3. The van der Waals surface area contributed by atoms with Gasteiger partial charge in [-0.15, -0.1) is 0 Å². The maximum absolute atomic E-state index is 8.31. The van der Waals surface area contributed by atoms with Gasteiger partial charge in [0.15, 0.2) is 0 Å². The second-order valence-electron chi connectivity index (χ2n) is 3.15. The van der Waals surface area contributed by atoms with Gasteiger partial charge in [0, 0.05) is 16.6 Å². The van der Waals surface area contributed by atoms with Crippen LogP contribution in [0.1, 0.15) is 0 Å². The van der Waals surface area contributed by atoms with Crippen molar-refractivity contribution < 1.29 is 5.11 Å². The number of aliphatic hydroxyl groups excluding tert-OH is 1. The zero-order chi connectivity index (χ0) is 6.62. The Labute approximate surface area is 54.0 Å². The van der Waals surface area contributed by atoms with E-state index < -0.39 is 7.59 Å². The molecule has 0 aliphatic carbocycles. The fourth-order valence-electron chi connectivity index (χ4n) is 0.406. The predicted octanol–water partition coefficient (Wildman–Crippen LogP) is 1.02. The van der Waals surface area contributed by atoms with Gasteiger partial charge in [-0.3, -0.25) is 0 Å². The first kappa shape index (κ1) is 7.97. The van der Waals surface area contributed by atoms with Gasteiger partial charge >= 0.3 is 0 Å². The molecule has 8 heavy (non-hydrogen) atoms. The van der Waals surface area contributed by atoms with E-state index in [9.17, 15) is 0 Å². The molecule has 0 unspecified atom stereocenters. The molecule has 0 atom stereocenters. The Bertz CT molecular complexity index is 82.9. The van der Waals surface area contributed by atoms with Crippen LogP contribution in [0.2, 0.25) is 19.6 Å². The third-order valence-corrected chi connectivity index (χ3v) is 6.89. The van der Waals surface area contributed by atoms with Crippen molar-refractivity contribution >= 4 is 16.6 Å². The Morgan fingerprint density at radius 3 is 2.00 bits per heavy atom. The fraction of sp³-hybridized carbons (Fsp3) is 0.600. The second-order valence-corrected chi connectivity index (χ2v) is 16.7. The van der Waals surface area contributed by atoms with Crippen LogP contribution in [0.5, 0.6) is 0 Å². The molecule has 0 bridgehead atoms. The summed E-state index contributed by atoms with van der Waals surface area (Å²) in [6.07, 6.45) is 1.20. The van der Waals surface area contributed by atoms with Gasteiger partial charge in [0.2, 0.25) is 0 Å². The van der Waals surface area contributed by atoms with Crippen LogP contribution in [-0.4, -0.2) is 21.7 Å². The quantitative estimate of drug-likeness (QED) is 0.455. The Kier molecular flexibility index (Phi) is 3.08. The molecule has 0 saturated heterocycles. The Morgan fingerprint density at radius 2 is 1.88 bits per heavy atom. The molecular formula is C5H14OSi2. The van der Waals surface area contributed by atoms with E-state index in [1.54, 1.807) is 0 Å². The molecule has 0 aromatic heterocycles. The minimum atomic E-state index is -0.786. The third-order valence-electron chi connectivity index (χ3n) is 0.836. The lowest BCUT2D eigenvalue weighted by molar-refractivity contribution is 0.475. The maximum atomic E-state index is 8.31. The SMILES string of the molecule is C[Si](C)(C)[SiH2]C=CO. The first-order valence-corrected chi connectivity index (χ1v) is 9.50. The van der Waals surface area contributed by atoms with Gasteiger partial charge in [0.1, 0.15) is 0 Å². The first-order valence-electron chi connectivity index (χ1n) is 2.85. The zero-order valence-corrected chi connectivity index (χ0v) is 8.22. The van der Waals surface area contributed by atoms with E-state index in [0.29, 0.717) is 0 Å². The van der Waals surface area contributed by atoms with Gasteiger partial charge in [-0.25, -0.2) is 0 Å².